The number of rotatable bonds is 4. The summed E-state index contributed by atoms with van der Waals surface area (Å²) < 4.78 is 0. The molecule has 0 radical (unpaired) electrons. The van der Waals surface area contributed by atoms with E-state index in [2.05, 4.69) is 5.32 Å². The third kappa shape index (κ3) is 4.06. The van der Waals surface area contributed by atoms with Crippen LogP contribution in [0, 0.1) is 0 Å². The second kappa shape index (κ2) is 7.25. The van der Waals surface area contributed by atoms with Crippen LogP contribution in [0.3, 0.4) is 0 Å². The molecule has 114 valence electrons. The number of amides is 2. The van der Waals surface area contributed by atoms with Gasteiger partial charge in [0.15, 0.2) is 0 Å². The lowest BCUT2D eigenvalue weighted by Gasteiger charge is -2.33. The summed E-state index contributed by atoms with van der Waals surface area (Å²) in [5.74, 6) is -0.00904. The minimum absolute atomic E-state index is 0.0961. The summed E-state index contributed by atoms with van der Waals surface area (Å²) in [5.41, 5.74) is 1.41. The van der Waals surface area contributed by atoms with E-state index in [1.54, 1.807) is 24.3 Å². The maximum Gasteiger partial charge on any atom is 0.254 e. The zero-order valence-electron chi connectivity index (χ0n) is 12.9. The molecule has 1 aliphatic carbocycles. The molecule has 0 aromatic heterocycles. The van der Waals surface area contributed by atoms with Crippen molar-refractivity contribution in [1.29, 1.82) is 0 Å². The van der Waals surface area contributed by atoms with E-state index >= 15 is 0 Å². The van der Waals surface area contributed by atoms with Crippen LogP contribution in [0.5, 0.6) is 0 Å². The Kier molecular flexibility index (Phi) is 5.37. The molecule has 2 rings (SSSR count). The molecular formula is C17H24N2O2. The lowest BCUT2D eigenvalue weighted by Crippen LogP contribution is -2.41. The quantitative estimate of drug-likeness (QED) is 0.922. The van der Waals surface area contributed by atoms with Gasteiger partial charge in [-0.15, -0.1) is 0 Å². The zero-order valence-corrected chi connectivity index (χ0v) is 12.9. The number of nitrogens with zero attached hydrogens (tertiary/aromatic N) is 1. The lowest BCUT2D eigenvalue weighted by molar-refractivity contribution is -0.114. The number of carbonyl (C=O) groups is 2. The van der Waals surface area contributed by atoms with Gasteiger partial charge < -0.3 is 10.2 Å². The van der Waals surface area contributed by atoms with Crippen LogP contribution in [0.2, 0.25) is 0 Å². The average Bonchev–Trinajstić information content (AvgIpc) is 2.49. The van der Waals surface area contributed by atoms with Crippen molar-refractivity contribution in [3.05, 3.63) is 29.8 Å². The highest BCUT2D eigenvalue weighted by Crippen LogP contribution is 2.24. The first-order valence-electron chi connectivity index (χ1n) is 7.80. The summed E-state index contributed by atoms with van der Waals surface area (Å²) >= 11 is 0. The van der Waals surface area contributed by atoms with Crippen LogP contribution in [0.15, 0.2) is 24.3 Å². The van der Waals surface area contributed by atoms with Crippen molar-refractivity contribution in [2.75, 3.05) is 11.9 Å². The molecular weight excluding hydrogens is 264 g/mol. The van der Waals surface area contributed by atoms with Gasteiger partial charge in [-0.1, -0.05) is 19.3 Å². The molecule has 1 N–H and O–H groups in total. The Hall–Kier alpha value is -1.84. The van der Waals surface area contributed by atoms with Crippen LogP contribution >= 0.6 is 0 Å². The summed E-state index contributed by atoms with van der Waals surface area (Å²) in [6.07, 6.45) is 5.95. The molecule has 1 aliphatic rings. The number of nitrogens with one attached hydrogen (secondary N) is 1. The fourth-order valence-electron chi connectivity index (χ4n) is 3.03. The van der Waals surface area contributed by atoms with Gasteiger partial charge in [0.25, 0.3) is 5.91 Å². The fraction of sp³-hybridized carbons (Fsp3) is 0.529. The Balaban J connectivity index is 2.07. The van der Waals surface area contributed by atoms with Crippen molar-refractivity contribution in [2.24, 2.45) is 0 Å². The normalized spacial score (nSPS) is 15.5. The topological polar surface area (TPSA) is 49.4 Å². The van der Waals surface area contributed by atoms with E-state index in [0.29, 0.717) is 11.6 Å². The summed E-state index contributed by atoms with van der Waals surface area (Å²) in [4.78, 5) is 25.6. The first kappa shape index (κ1) is 15.5. The van der Waals surface area contributed by atoms with Gasteiger partial charge in [-0.3, -0.25) is 9.59 Å². The summed E-state index contributed by atoms with van der Waals surface area (Å²) in [6.45, 7) is 4.26. The Morgan fingerprint density at radius 2 is 1.76 bits per heavy atom. The van der Waals surface area contributed by atoms with Gasteiger partial charge in [-0.2, -0.15) is 0 Å². The van der Waals surface area contributed by atoms with Crippen molar-refractivity contribution < 1.29 is 9.59 Å². The number of anilines is 1. The van der Waals surface area contributed by atoms with Gasteiger partial charge in [0.2, 0.25) is 5.91 Å². The Morgan fingerprint density at radius 3 is 2.29 bits per heavy atom. The SMILES string of the molecule is CCN(C(=O)c1ccc(NC(C)=O)cc1)C1CCCCC1. The highest BCUT2D eigenvalue weighted by atomic mass is 16.2. The minimum atomic E-state index is -0.105. The van der Waals surface area contributed by atoms with E-state index in [4.69, 9.17) is 0 Å². The van der Waals surface area contributed by atoms with Gasteiger partial charge in [-0.25, -0.2) is 0 Å². The van der Waals surface area contributed by atoms with E-state index in [1.807, 2.05) is 11.8 Å². The van der Waals surface area contributed by atoms with E-state index in [0.717, 1.165) is 25.1 Å². The second-order valence-electron chi connectivity index (χ2n) is 5.64. The van der Waals surface area contributed by atoms with Crippen molar-refractivity contribution in [1.82, 2.24) is 4.90 Å². The summed E-state index contributed by atoms with van der Waals surface area (Å²) in [6, 6.07) is 7.52. The highest BCUT2D eigenvalue weighted by Gasteiger charge is 2.24. The minimum Gasteiger partial charge on any atom is -0.336 e. The maximum atomic E-state index is 12.6. The molecule has 0 bridgehead atoms. The van der Waals surface area contributed by atoms with Crippen LogP contribution in [0.1, 0.15) is 56.3 Å². The number of hydrogen-bond acceptors (Lipinski definition) is 2. The van der Waals surface area contributed by atoms with E-state index in [-0.39, 0.29) is 11.8 Å². The van der Waals surface area contributed by atoms with Crippen molar-refractivity contribution in [2.45, 2.75) is 52.0 Å². The molecule has 4 heteroatoms. The Morgan fingerprint density at radius 1 is 1.14 bits per heavy atom. The molecule has 1 aromatic carbocycles. The van der Waals surface area contributed by atoms with Gasteiger partial charge in [0, 0.05) is 30.8 Å². The smallest absolute Gasteiger partial charge is 0.254 e. The second-order valence-corrected chi connectivity index (χ2v) is 5.64. The zero-order chi connectivity index (χ0) is 15.2. The molecule has 2 amide bonds. The highest BCUT2D eigenvalue weighted by molar-refractivity contribution is 5.95. The van der Waals surface area contributed by atoms with Crippen molar-refractivity contribution in [3.8, 4) is 0 Å². The monoisotopic (exact) mass is 288 g/mol. The van der Waals surface area contributed by atoms with Crippen LogP contribution < -0.4 is 5.32 Å². The largest absolute Gasteiger partial charge is 0.336 e. The predicted molar refractivity (Wildman–Crippen MR) is 84.3 cm³/mol. The number of benzene rings is 1. The Bertz CT molecular complexity index is 490. The van der Waals surface area contributed by atoms with Gasteiger partial charge in [-0.05, 0) is 44.0 Å². The molecule has 0 atom stereocenters. The fourth-order valence-corrected chi connectivity index (χ4v) is 3.03. The third-order valence-corrected chi connectivity index (χ3v) is 4.07. The molecule has 1 aromatic rings. The lowest BCUT2D eigenvalue weighted by atomic mass is 9.93. The first-order valence-corrected chi connectivity index (χ1v) is 7.80. The molecule has 0 unspecified atom stereocenters. The summed E-state index contributed by atoms with van der Waals surface area (Å²) in [7, 11) is 0. The molecule has 1 fully saturated rings. The van der Waals surface area contributed by atoms with Gasteiger partial charge in [0.1, 0.15) is 0 Å². The number of hydrogen-bond donors (Lipinski definition) is 1. The van der Waals surface area contributed by atoms with Crippen LogP contribution in [0.25, 0.3) is 0 Å². The standard InChI is InChI=1S/C17H24N2O2/c1-3-19(16-7-5-4-6-8-16)17(21)14-9-11-15(12-10-14)18-13(2)20/h9-12,16H,3-8H2,1-2H3,(H,18,20). The van der Waals surface area contributed by atoms with Crippen LogP contribution in [-0.4, -0.2) is 29.3 Å². The molecule has 21 heavy (non-hydrogen) atoms. The molecule has 0 saturated heterocycles. The summed E-state index contributed by atoms with van der Waals surface area (Å²) in [5, 5.41) is 2.71. The van der Waals surface area contributed by atoms with E-state index in [9.17, 15) is 9.59 Å². The van der Waals surface area contributed by atoms with Crippen LogP contribution in [0.4, 0.5) is 5.69 Å². The van der Waals surface area contributed by atoms with Crippen molar-refractivity contribution >= 4 is 17.5 Å². The number of carbonyl (C=O) groups excluding carboxylic acids is 2. The molecule has 0 heterocycles. The first-order chi connectivity index (χ1) is 10.1. The molecule has 0 aliphatic heterocycles. The maximum absolute atomic E-state index is 12.6. The third-order valence-electron chi connectivity index (χ3n) is 4.07. The average molecular weight is 288 g/mol. The van der Waals surface area contributed by atoms with Gasteiger partial charge >= 0.3 is 0 Å². The molecule has 0 spiro atoms. The molecule has 4 nitrogen and oxygen atoms in total. The van der Waals surface area contributed by atoms with Gasteiger partial charge in [0.05, 0.1) is 0 Å². The van der Waals surface area contributed by atoms with Crippen LogP contribution in [-0.2, 0) is 4.79 Å². The Labute approximate surface area is 126 Å². The van der Waals surface area contributed by atoms with E-state index < -0.39 is 0 Å². The molecule has 1 saturated carbocycles. The predicted octanol–water partition coefficient (Wildman–Crippen LogP) is 3.44. The van der Waals surface area contributed by atoms with Crippen molar-refractivity contribution in [3.63, 3.8) is 0 Å². The van der Waals surface area contributed by atoms with E-state index in [1.165, 1.54) is 26.2 Å².